The Labute approximate surface area is 198 Å². The maximum atomic E-state index is 13.9. The molecule has 5 aromatic rings. The summed E-state index contributed by atoms with van der Waals surface area (Å²) in [4.78, 5) is 29.8. The molecule has 174 valence electrons. The van der Waals surface area contributed by atoms with Crippen molar-refractivity contribution in [2.45, 2.75) is 47.1 Å². The van der Waals surface area contributed by atoms with E-state index in [-0.39, 0.29) is 11.6 Å². The van der Waals surface area contributed by atoms with Crippen LogP contribution in [0.25, 0.3) is 27.6 Å². The summed E-state index contributed by atoms with van der Waals surface area (Å²) >= 11 is 0. The lowest BCUT2D eigenvalue weighted by Crippen LogP contribution is -2.27. The van der Waals surface area contributed by atoms with Crippen molar-refractivity contribution in [1.29, 1.82) is 0 Å². The number of aryl methyl sites for hydroxylation is 2. The number of anilines is 1. The lowest BCUT2D eigenvalue weighted by atomic mass is 10.0. The average molecular weight is 455 g/mol. The Hall–Kier alpha value is -4.00. The molecule has 1 unspecified atom stereocenters. The minimum Gasteiger partial charge on any atom is -0.360 e. The maximum Gasteiger partial charge on any atom is 0.263 e. The molecule has 0 aliphatic heterocycles. The Morgan fingerprint density at radius 1 is 1.00 bits per heavy atom. The van der Waals surface area contributed by atoms with Gasteiger partial charge in [-0.25, -0.2) is 15.0 Å². The third-order valence-electron chi connectivity index (χ3n) is 5.94. The van der Waals surface area contributed by atoms with E-state index >= 15 is 0 Å². The second-order valence-electron chi connectivity index (χ2n) is 7.96. The van der Waals surface area contributed by atoms with Crippen LogP contribution in [-0.2, 0) is 0 Å². The first-order chi connectivity index (χ1) is 16.6. The lowest BCUT2D eigenvalue weighted by Gasteiger charge is -2.24. The molecule has 2 aromatic carbocycles. The van der Waals surface area contributed by atoms with Crippen LogP contribution in [0.4, 0.5) is 5.82 Å². The van der Waals surface area contributed by atoms with Crippen LogP contribution >= 0.6 is 0 Å². The van der Waals surface area contributed by atoms with Crippen LogP contribution in [0.15, 0.2) is 66.0 Å². The number of benzene rings is 2. The molecule has 34 heavy (non-hydrogen) atoms. The number of H-pyrrole nitrogens is 1. The van der Waals surface area contributed by atoms with Crippen molar-refractivity contribution < 1.29 is 0 Å². The topological polar surface area (TPSA) is 88.5 Å². The molecular formula is C27H30N6O. The van der Waals surface area contributed by atoms with Gasteiger partial charge < -0.3 is 10.3 Å². The van der Waals surface area contributed by atoms with Crippen molar-refractivity contribution in [2.75, 3.05) is 5.32 Å². The van der Waals surface area contributed by atoms with Crippen molar-refractivity contribution in [1.82, 2.24) is 24.5 Å². The summed E-state index contributed by atoms with van der Waals surface area (Å²) in [5, 5.41) is 5.21. The number of hydrogen-bond acceptors (Lipinski definition) is 5. The molecule has 7 heteroatoms. The molecule has 0 saturated carbocycles. The van der Waals surface area contributed by atoms with Gasteiger partial charge in [-0.1, -0.05) is 57.2 Å². The Morgan fingerprint density at radius 3 is 2.53 bits per heavy atom. The van der Waals surface area contributed by atoms with E-state index in [2.05, 4.69) is 38.2 Å². The number of imidazole rings is 1. The molecule has 0 saturated heterocycles. The second-order valence-corrected chi connectivity index (χ2v) is 7.96. The zero-order chi connectivity index (χ0) is 24.2. The van der Waals surface area contributed by atoms with Gasteiger partial charge in [-0.15, -0.1) is 0 Å². The summed E-state index contributed by atoms with van der Waals surface area (Å²) < 4.78 is 1.84. The van der Waals surface area contributed by atoms with Gasteiger partial charge >= 0.3 is 0 Å². The van der Waals surface area contributed by atoms with E-state index in [1.54, 1.807) is 6.33 Å². The van der Waals surface area contributed by atoms with Gasteiger partial charge in [0.1, 0.15) is 11.8 Å². The minimum atomic E-state index is -0.159. The fraction of sp³-hybridized carbons (Fsp3) is 0.259. The minimum absolute atomic E-state index is 0.0143. The van der Waals surface area contributed by atoms with Gasteiger partial charge in [0, 0.05) is 5.69 Å². The van der Waals surface area contributed by atoms with Gasteiger partial charge in [0.25, 0.3) is 5.56 Å². The monoisotopic (exact) mass is 454 g/mol. The summed E-state index contributed by atoms with van der Waals surface area (Å²) in [7, 11) is 0. The quantitative estimate of drug-likeness (QED) is 0.347. The van der Waals surface area contributed by atoms with Gasteiger partial charge in [-0.3, -0.25) is 9.36 Å². The first-order valence-electron chi connectivity index (χ1n) is 11.7. The molecule has 3 heterocycles. The molecule has 3 aromatic heterocycles. The molecule has 0 aliphatic rings. The highest BCUT2D eigenvalue weighted by molar-refractivity contribution is 5.86. The van der Waals surface area contributed by atoms with Crippen molar-refractivity contribution in [3.8, 4) is 5.69 Å². The molecule has 0 radical (unpaired) electrons. The van der Waals surface area contributed by atoms with E-state index in [4.69, 9.17) is 0 Å². The number of hydrogen-bond donors (Lipinski definition) is 2. The number of para-hydroxylation sites is 1. The molecule has 1 atom stereocenters. The van der Waals surface area contributed by atoms with Crippen molar-refractivity contribution in [3.63, 3.8) is 0 Å². The largest absolute Gasteiger partial charge is 0.360 e. The first kappa shape index (κ1) is 23.2. The third kappa shape index (κ3) is 4.05. The summed E-state index contributed by atoms with van der Waals surface area (Å²) in [5.41, 5.74) is 5.10. The summed E-state index contributed by atoms with van der Waals surface area (Å²) in [6.07, 6.45) is 3.85. The Balaban J connectivity index is 0.00000133. The van der Waals surface area contributed by atoms with Gasteiger partial charge in [0.2, 0.25) is 0 Å². The van der Waals surface area contributed by atoms with E-state index in [9.17, 15) is 4.79 Å². The highest BCUT2D eigenvalue weighted by Gasteiger charge is 2.21. The number of nitrogens with zero attached hydrogens (tertiary/aromatic N) is 4. The number of aromatic amines is 1. The van der Waals surface area contributed by atoms with Crippen molar-refractivity contribution in [2.24, 2.45) is 0 Å². The number of rotatable bonds is 5. The van der Waals surface area contributed by atoms with E-state index in [1.165, 1.54) is 6.33 Å². The number of fused-ring (bicyclic) bond motifs is 2. The molecule has 0 bridgehead atoms. The second kappa shape index (κ2) is 9.87. The third-order valence-corrected chi connectivity index (χ3v) is 5.94. The van der Waals surface area contributed by atoms with Crippen LogP contribution in [0.1, 0.15) is 50.1 Å². The van der Waals surface area contributed by atoms with Gasteiger partial charge in [-0.05, 0) is 48.9 Å². The normalized spacial score (nSPS) is 11.8. The van der Waals surface area contributed by atoms with Crippen LogP contribution in [0.3, 0.4) is 0 Å². The SMILES string of the molecule is CC.CCC(Nc1ncnc2nc[nH]c12)c1cc2cccc(C)c2c(=O)n1-c1ccccc1C. The zero-order valence-electron chi connectivity index (χ0n) is 20.3. The van der Waals surface area contributed by atoms with Gasteiger partial charge in [0.15, 0.2) is 11.5 Å². The van der Waals surface area contributed by atoms with E-state index in [1.807, 2.05) is 74.7 Å². The van der Waals surface area contributed by atoms with E-state index < -0.39 is 0 Å². The molecule has 0 aliphatic carbocycles. The Bertz CT molecular complexity index is 1500. The predicted octanol–water partition coefficient (Wildman–Crippen LogP) is 5.86. The van der Waals surface area contributed by atoms with Gasteiger partial charge in [-0.2, -0.15) is 0 Å². The Kier molecular flexibility index (Phi) is 6.72. The van der Waals surface area contributed by atoms with Crippen molar-refractivity contribution >= 4 is 27.8 Å². The summed E-state index contributed by atoms with van der Waals surface area (Å²) in [6, 6.07) is 15.9. The molecule has 0 amide bonds. The molecule has 5 rings (SSSR count). The fourth-order valence-corrected chi connectivity index (χ4v) is 4.30. The number of nitrogens with one attached hydrogen (secondary N) is 2. The first-order valence-corrected chi connectivity index (χ1v) is 11.7. The standard InChI is InChI=1S/C25H24N6O.C2H6/c1-4-18(30-24-22-23(27-13-26-22)28-14-29-24)20-12-17-10-7-9-16(3)21(17)25(32)31(20)19-11-6-5-8-15(19)2;1-2/h5-14,18H,4H2,1-3H3,(H2,26,27,28,29,30);1-2H3. The van der Waals surface area contributed by atoms with Gasteiger partial charge in [0.05, 0.1) is 23.4 Å². The molecule has 0 fully saturated rings. The Morgan fingerprint density at radius 2 is 1.76 bits per heavy atom. The smallest absolute Gasteiger partial charge is 0.263 e. The van der Waals surface area contributed by atoms with E-state index in [0.717, 1.165) is 45.2 Å². The summed E-state index contributed by atoms with van der Waals surface area (Å²) in [6.45, 7) is 10.1. The number of aromatic nitrogens is 5. The predicted molar refractivity (Wildman–Crippen MR) is 139 cm³/mol. The lowest BCUT2D eigenvalue weighted by molar-refractivity contribution is 0.688. The molecular weight excluding hydrogens is 424 g/mol. The van der Waals surface area contributed by atoms with E-state index in [0.29, 0.717) is 11.5 Å². The number of pyridine rings is 1. The van der Waals surface area contributed by atoms with Crippen LogP contribution in [-0.4, -0.2) is 24.5 Å². The maximum absolute atomic E-state index is 13.9. The van der Waals surface area contributed by atoms with Crippen LogP contribution in [0, 0.1) is 13.8 Å². The molecule has 0 spiro atoms. The fourth-order valence-electron chi connectivity index (χ4n) is 4.30. The van der Waals surface area contributed by atoms with Crippen LogP contribution in [0.2, 0.25) is 0 Å². The molecule has 2 N–H and O–H groups in total. The van der Waals surface area contributed by atoms with Crippen LogP contribution in [0.5, 0.6) is 0 Å². The van der Waals surface area contributed by atoms with Crippen LogP contribution < -0.4 is 10.9 Å². The average Bonchev–Trinajstić information content (AvgIpc) is 3.34. The molecule has 7 nitrogen and oxygen atoms in total. The zero-order valence-corrected chi connectivity index (χ0v) is 20.3. The highest BCUT2D eigenvalue weighted by atomic mass is 16.1. The highest BCUT2D eigenvalue weighted by Crippen LogP contribution is 2.29. The summed E-state index contributed by atoms with van der Waals surface area (Å²) in [5.74, 6) is 0.660. The van der Waals surface area contributed by atoms with Crippen molar-refractivity contribution in [3.05, 3.63) is 88.4 Å².